The summed E-state index contributed by atoms with van der Waals surface area (Å²) in [5.74, 6) is 0.737. The zero-order valence-electron chi connectivity index (χ0n) is 20.8. The molecule has 0 spiro atoms. The highest BCUT2D eigenvalue weighted by molar-refractivity contribution is 6.42. The number of hydrogen-bond donors (Lipinski definition) is 1. The van der Waals surface area contributed by atoms with Crippen molar-refractivity contribution in [2.45, 2.75) is 58.5 Å². The van der Waals surface area contributed by atoms with E-state index in [0.29, 0.717) is 53.7 Å². The summed E-state index contributed by atoms with van der Waals surface area (Å²) >= 11 is 12.5. The van der Waals surface area contributed by atoms with Gasteiger partial charge in [-0.15, -0.1) is 0 Å². The molecule has 1 saturated heterocycles. The number of piperazine rings is 1. The average molecular weight is 517 g/mol. The third-order valence-corrected chi connectivity index (χ3v) is 8.00. The third kappa shape index (κ3) is 6.38. The molecule has 188 valence electrons. The molecule has 2 aliphatic rings. The van der Waals surface area contributed by atoms with Crippen LogP contribution in [0, 0.1) is 19.8 Å². The Bertz CT molecular complexity index is 1070. The Balaban J connectivity index is 1.53. The summed E-state index contributed by atoms with van der Waals surface area (Å²) in [5.41, 5.74) is 3.69. The second kappa shape index (κ2) is 11.3. The Kier molecular flexibility index (Phi) is 8.41. The summed E-state index contributed by atoms with van der Waals surface area (Å²) in [7, 11) is 0. The van der Waals surface area contributed by atoms with Gasteiger partial charge in [0, 0.05) is 31.2 Å². The number of nitrogens with one attached hydrogen (secondary N) is 1. The zero-order chi connectivity index (χ0) is 25.1. The molecule has 2 unspecified atom stereocenters. The second-order valence-corrected chi connectivity index (χ2v) is 11.1. The van der Waals surface area contributed by atoms with Gasteiger partial charge in [-0.25, -0.2) is 0 Å². The third-order valence-electron chi connectivity index (χ3n) is 7.26. The summed E-state index contributed by atoms with van der Waals surface area (Å²) in [6.45, 7) is 7.97. The van der Waals surface area contributed by atoms with E-state index in [9.17, 15) is 9.59 Å². The van der Waals surface area contributed by atoms with Crippen molar-refractivity contribution < 1.29 is 9.59 Å². The van der Waals surface area contributed by atoms with Crippen LogP contribution in [-0.4, -0.2) is 53.8 Å². The van der Waals surface area contributed by atoms with E-state index in [1.807, 2.05) is 47.9 Å². The minimum absolute atomic E-state index is 0.0109. The SMILES string of the molecule is Cc1cc(C)cc(C(=O)N2CCN(C(=O)CNC3CCCC(C)C3)[C@H](c3ccc(Cl)c(Cl)c3)C2)c1. The number of carbonyl (C=O) groups excluding carboxylic acids is 2. The van der Waals surface area contributed by atoms with Crippen LogP contribution in [0.25, 0.3) is 0 Å². The van der Waals surface area contributed by atoms with E-state index in [1.165, 1.54) is 12.8 Å². The first kappa shape index (κ1) is 26.0. The van der Waals surface area contributed by atoms with Crippen molar-refractivity contribution in [3.63, 3.8) is 0 Å². The van der Waals surface area contributed by atoms with Crippen LogP contribution in [0.4, 0.5) is 0 Å². The first-order chi connectivity index (χ1) is 16.7. The highest BCUT2D eigenvalue weighted by Crippen LogP contribution is 2.32. The minimum Gasteiger partial charge on any atom is -0.334 e. The Hall–Kier alpha value is -2.08. The highest BCUT2D eigenvalue weighted by Gasteiger charge is 2.34. The van der Waals surface area contributed by atoms with Crippen LogP contribution < -0.4 is 5.32 Å². The van der Waals surface area contributed by atoms with E-state index in [4.69, 9.17) is 23.2 Å². The lowest BCUT2D eigenvalue weighted by atomic mass is 9.87. The van der Waals surface area contributed by atoms with Gasteiger partial charge in [-0.1, -0.05) is 66.2 Å². The Morgan fingerprint density at radius 1 is 1.00 bits per heavy atom. The van der Waals surface area contributed by atoms with Crippen LogP contribution in [0.3, 0.4) is 0 Å². The number of carbonyl (C=O) groups is 2. The van der Waals surface area contributed by atoms with Crippen molar-refractivity contribution in [2.75, 3.05) is 26.2 Å². The topological polar surface area (TPSA) is 52.7 Å². The van der Waals surface area contributed by atoms with Crippen molar-refractivity contribution in [1.82, 2.24) is 15.1 Å². The summed E-state index contributed by atoms with van der Waals surface area (Å²) in [5, 5.41) is 4.42. The van der Waals surface area contributed by atoms with Crippen molar-refractivity contribution in [3.8, 4) is 0 Å². The first-order valence-corrected chi connectivity index (χ1v) is 13.3. The normalized spacial score (nSPS) is 22.8. The van der Waals surface area contributed by atoms with E-state index in [0.717, 1.165) is 29.5 Å². The summed E-state index contributed by atoms with van der Waals surface area (Å²) in [4.78, 5) is 30.5. The number of hydrogen-bond acceptors (Lipinski definition) is 3. The van der Waals surface area contributed by atoms with E-state index in [1.54, 1.807) is 6.07 Å². The molecule has 1 aliphatic heterocycles. The molecule has 0 aromatic heterocycles. The molecule has 1 aliphatic carbocycles. The highest BCUT2D eigenvalue weighted by atomic mass is 35.5. The molecule has 0 radical (unpaired) electrons. The number of benzene rings is 2. The van der Waals surface area contributed by atoms with Gasteiger partial charge in [-0.3, -0.25) is 9.59 Å². The van der Waals surface area contributed by atoms with Crippen molar-refractivity contribution >= 4 is 35.0 Å². The smallest absolute Gasteiger partial charge is 0.254 e. The standard InChI is InChI=1S/C28H35Cl2N3O2/c1-18-5-4-6-23(14-18)31-16-27(34)33-10-9-32(28(35)22-12-19(2)11-20(3)13-22)17-26(33)21-7-8-24(29)25(30)15-21/h7-8,11-13,15,18,23,26,31H,4-6,9-10,14,16-17H2,1-3H3/t18?,23?,26-/m0/s1. The van der Waals surface area contributed by atoms with Crippen LogP contribution in [0.15, 0.2) is 36.4 Å². The molecular weight excluding hydrogens is 481 g/mol. The average Bonchev–Trinajstić information content (AvgIpc) is 2.83. The maximum atomic E-state index is 13.4. The number of aryl methyl sites for hydroxylation is 2. The number of rotatable bonds is 5. The van der Waals surface area contributed by atoms with Gasteiger partial charge in [0.2, 0.25) is 5.91 Å². The molecule has 1 heterocycles. The van der Waals surface area contributed by atoms with E-state index in [2.05, 4.69) is 18.3 Å². The Morgan fingerprint density at radius 3 is 2.43 bits per heavy atom. The van der Waals surface area contributed by atoms with E-state index < -0.39 is 0 Å². The van der Waals surface area contributed by atoms with Gasteiger partial charge in [0.25, 0.3) is 5.91 Å². The molecule has 2 aromatic rings. The Morgan fingerprint density at radius 2 is 1.74 bits per heavy atom. The lowest BCUT2D eigenvalue weighted by Crippen LogP contribution is -2.54. The maximum absolute atomic E-state index is 13.4. The van der Waals surface area contributed by atoms with Crippen LogP contribution in [0.1, 0.15) is 65.7 Å². The fourth-order valence-electron chi connectivity index (χ4n) is 5.50. The lowest BCUT2D eigenvalue weighted by Gasteiger charge is -2.42. The van der Waals surface area contributed by atoms with Gasteiger partial charge in [-0.2, -0.15) is 0 Å². The fraction of sp³-hybridized carbons (Fsp3) is 0.500. The van der Waals surface area contributed by atoms with Crippen molar-refractivity contribution in [3.05, 3.63) is 68.7 Å². The molecule has 7 heteroatoms. The van der Waals surface area contributed by atoms with Crippen molar-refractivity contribution in [1.29, 1.82) is 0 Å². The monoisotopic (exact) mass is 515 g/mol. The number of halogens is 2. The van der Waals surface area contributed by atoms with Gasteiger partial charge in [0.15, 0.2) is 0 Å². The van der Waals surface area contributed by atoms with E-state index >= 15 is 0 Å². The van der Waals surface area contributed by atoms with Gasteiger partial charge in [-0.05, 0) is 62.4 Å². The van der Waals surface area contributed by atoms with Crippen LogP contribution in [-0.2, 0) is 4.79 Å². The molecule has 3 atom stereocenters. The number of amides is 2. The molecule has 35 heavy (non-hydrogen) atoms. The minimum atomic E-state index is -0.284. The molecular formula is C28H35Cl2N3O2. The van der Waals surface area contributed by atoms with Crippen LogP contribution in [0.2, 0.25) is 10.0 Å². The quantitative estimate of drug-likeness (QED) is 0.546. The molecule has 1 saturated carbocycles. The van der Waals surface area contributed by atoms with Crippen molar-refractivity contribution in [2.24, 2.45) is 5.92 Å². The number of nitrogens with zero attached hydrogens (tertiary/aromatic N) is 2. The van der Waals surface area contributed by atoms with Gasteiger partial charge in [0.05, 0.1) is 22.6 Å². The molecule has 2 amide bonds. The van der Waals surface area contributed by atoms with Crippen LogP contribution in [0.5, 0.6) is 0 Å². The van der Waals surface area contributed by atoms with Crippen LogP contribution >= 0.6 is 23.2 Å². The molecule has 1 N–H and O–H groups in total. The largest absolute Gasteiger partial charge is 0.334 e. The Labute approximate surface area is 218 Å². The summed E-state index contributed by atoms with van der Waals surface area (Å²) in [6, 6.07) is 11.5. The predicted octanol–water partition coefficient (Wildman–Crippen LogP) is 5.80. The van der Waals surface area contributed by atoms with Gasteiger partial charge >= 0.3 is 0 Å². The molecule has 2 fully saturated rings. The summed E-state index contributed by atoms with van der Waals surface area (Å²) < 4.78 is 0. The molecule has 5 nitrogen and oxygen atoms in total. The van der Waals surface area contributed by atoms with E-state index in [-0.39, 0.29) is 17.9 Å². The summed E-state index contributed by atoms with van der Waals surface area (Å²) in [6.07, 6.45) is 4.70. The molecule has 0 bridgehead atoms. The molecule has 2 aromatic carbocycles. The fourth-order valence-corrected chi connectivity index (χ4v) is 5.81. The zero-order valence-corrected chi connectivity index (χ0v) is 22.3. The van der Waals surface area contributed by atoms with Gasteiger partial charge < -0.3 is 15.1 Å². The first-order valence-electron chi connectivity index (χ1n) is 12.6. The maximum Gasteiger partial charge on any atom is 0.254 e. The molecule has 4 rings (SSSR count). The lowest BCUT2D eigenvalue weighted by molar-refractivity contribution is -0.135. The second-order valence-electron chi connectivity index (χ2n) is 10.3. The van der Waals surface area contributed by atoms with Gasteiger partial charge in [0.1, 0.15) is 0 Å². The predicted molar refractivity (Wildman–Crippen MR) is 142 cm³/mol.